The first-order chi connectivity index (χ1) is 13.5. The maximum Gasteiger partial charge on any atom is 0.328 e. The minimum Gasteiger partial charge on any atom is -0.493 e. The number of rotatable bonds is 10. The Labute approximate surface area is 169 Å². The summed E-state index contributed by atoms with van der Waals surface area (Å²) < 4.78 is 11.1. The van der Waals surface area contributed by atoms with Crippen LogP contribution in [-0.2, 0) is 9.59 Å². The van der Waals surface area contributed by atoms with Gasteiger partial charge in [0, 0.05) is 0 Å². The van der Waals surface area contributed by atoms with E-state index in [0.717, 1.165) is 12.8 Å². The van der Waals surface area contributed by atoms with E-state index in [1.165, 1.54) is 38.9 Å². The molecule has 1 saturated heterocycles. The first kappa shape index (κ1) is 21.8. The fourth-order valence-electron chi connectivity index (χ4n) is 2.79. The Morgan fingerprint density at radius 3 is 2.29 bits per heavy atom. The number of benzene rings is 1. The number of unbranched alkanes of at least 4 members (excludes halogenated alkanes) is 5. The lowest BCUT2D eigenvalue weighted by Gasteiger charge is -2.15. The number of nitrogens with one attached hydrogen (secondary N) is 2. The number of urea groups is 1. The summed E-state index contributed by atoms with van der Waals surface area (Å²) >= 11 is 6.32. The van der Waals surface area contributed by atoms with Gasteiger partial charge in [-0.25, -0.2) is 4.79 Å². The molecule has 2 N–H and O–H groups in total. The van der Waals surface area contributed by atoms with Crippen LogP contribution in [0.2, 0.25) is 5.02 Å². The standard InChI is InChI=1S/C20H25ClN2O5/c1-3-4-5-6-7-8-9-28-17-15(21)11-13(12-16(17)27-2)10-14-18(24)22-20(26)23-19(14)25/h10-12H,3-9H2,1-2H3,(H2,22,23,24,25,26). The van der Waals surface area contributed by atoms with Crippen LogP contribution in [0, 0.1) is 0 Å². The average Bonchev–Trinajstić information content (AvgIpc) is 2.64. The Bertz CT molecular complexity index is 754. The third kappa shape index (κ3) is 5.99. The number of carbonyl (C=O) groups excluding carboxylic acids is 3. The molecule has 0 atom stereocenters. The average molecular weight is 409 g/mol. The molecule has 0 radical (unpaired) electrons. The number of hydrogen-bond donors (Lipinski definition) is 2. The third-order valence-electron chi connectivity index (χ3n) is 4.25. The van der Waals surface area contributed by atoms with Gasteiger partial charge in [0.1, 0.15) is 5.57 Å². The highest BCUT2D eigenvalue weighted by Crippen LogP contribution is 2.37. The topological polar surface area (TPSA) is 93.7 Å². The van der Waals surface area contributed by atoms with E-state index in [1.54, 1.807) is 12.1 Å². The second-order valence-electron chi connectivity index (χ2n) is 6.45. The molecule has 0 spiro atoms. The summed E-state index contributed by atoms with van der Waals surface area (Å²) in [7, 11) is 1.49. The number of ether oxygens (including phenoxy) is 2. The number of amides is 4. The van der Waals surface area contributed by atoms with Crippen molar-refractivity contribution in [1.29, 1.82) is 0 Å². The molecule has 28 heavy (non-hydrogen) atoms. The van der Waals surface area contributed by atoms with Gasteiger partial charge in [0.05, 0.1) is 18.7 Å². The van der Waals surface area contributed by atoms with E-state index in [4.69, 9.17) is 21.1 Å². The molecule has 1 heterocycles. The number of methoxy groups -OCH3 is 1. The summed E-state index contributed by atoms with van der Waals surface area (Å²) in [4.78, 5) is 34.8. The van der Waals surface area contributed by atoms with E-state index in [-0.39, 0.29) is 5.57 Å². The zero-order chi connectivity index (χ0) is 20.5. The molecule has 7 nitrogen and oxygen atoms in total. The summed E-state index contributed by atoms with van der Waals surface area (Å²) in [6.45, 7) is 2.71. The van der Waals surface area contributed by atoms with E-state index >= 15 is 0 Å². The monoisotopic (exact) mass is 408 g/mol. The van der Waals surface area contributed by atoms with Crippen molar-refractivity contribution in [2.45, 2.75) is 45.4 Å². The van der Waals surface area contributed by atoms with Crippen molar-refractivity contribution in [3.8, 4) is 11.5 Å². The zero-order valence-electron chi connectivity index (χ0n) is 16.1. The molecule has 2 rings (SSSR count). The van der Waals surface area contributed by atoms with Crippen LogP contribution in [0.3, 0.4) is 0 Å². The molecule has 4 amide bonds. The van der Waals surface area contributed by atoms with Crippen molar-refractivity contribution >= 4 is 35.5 Å². The van der Waals surface area contributed by atoms with Crippen LogP contribution in [-0.4, -0.2) is 31.6 Å². The van der Waals surface area contributed by atoms with Gasteiger partial charge in [-0.2, -0.15) is 0 Å². The minimum atomic E-state index is -0.846. The van der Waals surface area contributed by atoms with Crippen molar-refractivity contribution in [2.75, 3.05) is 13.7 Å². The Morgan fingerprint density at radius 1 is 1.00 bits per heavy atom. The second-order valence-corrected chi connectivity index (χ2v) is 6.85. The van der Waals surface area contributed by atoms with Crippen LogP contribution in [0.25, 0.3) is 6.08 Å². The maximum atomic E-state index is 11.8. The number of halogens is 1. The molecular formula is C20H25ClN2O5. The normalized spacial score (nSPS) is 13.8. The Morgan fingerprint density at radius 2 is 1.64 bits per heavy atom. The summed E-state index contributed by atoms with van der Waals surface area (Å²) in [5, 5.41) is 4.35. The lowest BCUT2D eigenvalue weighted by Crippen LogP contribution is -2.51. The van der Waals surface area contributed by atoms with E-state index < -0.39 is 17.8 Å². The van der Waals surface area contributed by atoms with Crippen LogP contribution < -0.4 is 20.1 Å². The van der Waals surface area contributed by atoms with Gasteiger partial charge in [0.2, 0.25) is 0 Å². The third-order valence-corrected chi connectivity index (χ3v) is 4.53. The molecule has 1 aliphatic heterocycles. The summed E-state index contributed by atoms with van der Waals surface area (Å²) in [6, 6.07) is 2.35. The molecule has 1 aromatic rings. The van der Waals surface area contributed by atoms with Gasteiger partial charge in [-0.3, -0.25) is 20.2 Å². The van der Waals surface area contributed by atoms with Crippen LogP contribution in [0.4, 0.5) is 4.79 Å². The van der Waals surface area contributed by atoms with Crippen molar-refractivity contribution in [3.63, 3.8) is 0 Å². The molecule has 1 fully saturated rings. The first-order valence-corrected chi connectivity index (χ1v) is 9.72. The van der Waals surface area contributed by atoms with E-state index in [0.29, 0.717) is 28.7 Å². The van der Waals surface area contributed by atoms with Crippen LogP contribution in [0.5, 0.6) is 11.5 Å². The summed E-state index contributed by atoms with van der Waals surface area (Å²) in [5.41, 5.74) is 0.280. The zero-order valence-corrected chi connectivity index (χ0v) is 16.9. The molecule has 0 unspecified atom stereocenters. The van der Waals surface area contributed by atoms with Gasteiger partial charge in [-0.1, -0.05) is 50.6 Å². The molecule has 8 heteroatoms. The van der Waals surface area contributed by atoms with Crippen molar-refractivity contribution in [3.05, 3.63) is 28.3 Å². The molecule has 0 saturated carbocycles. The van der Waals surface area contributed by atoms with Crippen LogP contribution in [0.15, 0.2) is 17.7 Å². The molecule has 152 valence electrons. The molecule has 0 aromatic heterocycles. The Balaban J connectivity index is 2.06. The van der Waals surface area contributed by atoms with Crippen molar-refractivity contribution in [2.24, 2.45) is 0 Å². The number of imide groups is 2. The number of barbiturate groups is 1. The number of carbonyl (C=O) groups is 3. The predicted octanol–water partition coefficient (Wildman–Crippen LogP) is 3.84. The van der Waals surface area contributed by atoms with E-state index in [2.05, 4.69) is 6.92 Å². The van der Waals surface area contributed by atoms with E-state index in [1.807, 2.05) is 10.6 Å². The van der Waals surface area contributed by atoms with Crippen molar-refractivity contribution < 1.29 is 23.9 Å². The molecule has 1 aliphatic rings. The SMILES string of the molecule is CCCCCCCCOc1c(Cl)cc(C=C2C(=O)NC(=O)NC2=O)cc1OC. The van der Waals surface area contributed by atoms with Gasteiger partial charge in [0.15, 0.2) is 11.5 Å². The summed E-state index contributed by atoms with van der Waals surface area (Å²) in [6.07, 6.45) is 8.23. The minimum absolute atomic E-state index is 0.196. The fourth-order valence-corrected chi connectivity index (χ4v) is 3.07. The quantitative estimate of drug-likeness (QED) is 0.348. The van der Waals surface area contributed by atoms with Gasteiger partial charge in [-0.05, 0) is 30.2 Å². The van der Waals surface area contributed by atoms with Gasteiger partial charge in [-0.15, -0.1) is 0 Å². The smallest absolute Gasteiger partial charge is 0.328 e. The van der Waals surface area contributed by atoms with Gasteiger partial charge >= 0.3 is 6.03 Å². The predicted molar refractivity (Wildman–Crippen MR) is 107 cm³/mol. The van der Waals surface area contributed by atoms with Crippen LogP contribution in [0.1, 0.15) is 51.0 Å². The highest BCUT2D eigenvalue weighted by Gasteiger charge is 2.27. The number of hydrogen-bond acceptors (Lipinski definition) is 5. The van der Waals surface area contributed by atoms with E-state index in [9.17, 15) is 14.4 Å². The largest absolute Gasteiger partial charge is 0.493 e. The highest BCUT2D eigenvalue weighted by atomic mass is 35.5. The highest BCUT2D eigenvalue weighted by molar-refractivity contribution is 6.33. The Kier molecular flexibility index (Phi) is 8.32. The van der Waals surface area contributed by atoms with Crippen LogP contribution >= 0.6 is 11.6 Å². The second kappa shape index (κ2) is 10.7. The molecular weight excluding hydrogens is 384 g/mol. The lowest BCUT2D eigenvalue weighted by molar-refractivity contribution is -0.123. The van der Waals surface area contributed by atoms with Gasteiger partial charge in [0.25, 0.3) is 11.8 Å². The maximum absolute atomic E-state index is 11.8. The van der Waals surface area contributed by atoms with Crippen molar-refractivity contribution in [1.82, 2.24) is 10.6 Å². The molecule has 0 bridgehead atoms. The molecule has 1 aromatic carbocycles. The summed E-state index contributed by atoms with van der Waals surface area (Å²) in [5.74, 6) is -0.717. The lowest BCUT2D eigenvalue weighted by atomic mass is 10.1. The fraction of sp³-hybridized carbons (Fsp3) is 0.450. The first-order valence-electron chi connectivity index (χ1n) is 9.35. The Hall–Kier alpha value is -2.54. The van der Waals surface area contributed by atoms with Gasteiger partial charge < -0.3 is 9.47 Å². The molecule has 0 aliphatic carbocycles.